The molecule has 5 atom stereocenters. The lowest BCUT2D eigenvalue weighted by Gasteiger charge is -2.67. The fourth-order valence-corrected chi connectivity index (χ4v) is 11.5. The third kappa shape index (κ3) is 27.2. The number of carbonyl (C=O) groups is 3. The second-order valence-electron chi connectivity index (χ2n) is 21.7. The molecule has 0 radical (unpaired) electrons. The Bertz CT molecular complexity index is 1180. The first-order valence-electron chi connectivity index (χ1n) is 30.1. The van der Waals surface area contributed by atoms with Gasteiger partial charge in [0.25, 0.3) is 0 Å². The molecule has 0 bridgehead atoms. The minimum atomic E-state index is -0.778. The minimum absolute atomic E-state index is 0.0291. The minimum Gasteiger partial charge on any atom is -0.480 e. The monoisotopic (exact) mass is 960 g/mol. The van der Waals surface area contributed by atoms with Crippen LogP contribution in [-0.2, 0) is 23.9 Å². The Labute approximate surface area is 420 Å². The van der Waals surface area contributed by atoms with Gasteiger partial charge in [0.2, 0.25) is 0 Å². The molecule has 1 heterocycles. The van der Waals surface area contributed by atoms with E-state index in [4.69, 9.17) is 9.47 Å². The number of carbonyl (C=O) groups excluding carboxylic acids is 2. The van der Waals surface area contributed by atoms with Crippen molar-refractivity contribution in [3.63, 3.8) is 0 Å². The molecule has 2 aliphatic rings. The first-order chi connectivity index (χ1) is 33.3. The second-order valence-corrected chi connectivity index (χ2v) is 21.7. The van der Waals surface area contributed by atoms with E-state index in [2.05, 4.69) is 43.0 Å². The van der Waals surface area contributed by atoms with Crippen molar-refractivity contribution in [1.29, 1.82) is 0 Å². The van der Waals surface area contributed by atoms with E-state index >= 15 is 0 Å². The summed E-state index contributed by atoms with van der Waals surface area (Å²) in [7, 11) is 0. The van der Waals surface area contributed by atoms with Crippen molar-refractivity contribution in [3.8, 4) is 0 Å². The maximum atomic E-state index is 13.4. The van der Waals surface area contributed by atoms with E-state index in [0.29, 0.717) is 51.0 Å². The van der Waals surface area contributed by atoms with E-state index in [-0.39, 0.29) is 35.9 Å². The highest BCUT2D eigenvalue weighted by Gasteiger charge is 2.63. The highest BCUT2D eigenvalue weighted by atomic mass is 16.5. The zero-order valence-electron chi connectivity index (χ0n) is 45.8. The van der Waals surface area contributed by atoms with Crippen LogP contribution < -0.4 is 5.43 Å². The van der Waals surface area contributed by atoms with Crippen molar-refractivity contribution in [2.24, 2.45) is 23.7 Å². The number of hydrogen-bond donors (Lipinski definition) is 2. The fourth-order valence-electron chi connectivity index (χ4n) is 11.5. The summed E-state index contributed by atoms with van der Waals surface area (Å²) in [5.41, 5.74) is 3.67. The molecular formula is C59H113N3O6. The number of fused-ring (bicyclic) bond motifs is 1. The average Bonchev–Trinajstić information content (AvgIpc) is 3.32. The molecule has 9 nitrogen and oxygen atoms in total. The summed E-state index contributed by atoms with van der Waals surface area (Å²) in [5.74, 6) is 0.373. The van der Waals surface area contributed by atoms with E-state index in [1.54, 1.807) is 0 Å². The number of carboxylic acids is 1. The molecule has 0 unspecified atom stereocenters. The van der Waals surface area contributed by atoms with Crippen LogP contribution in [0.1, 0.15) is 286 Å². The van der Waals surface area contributed by atoms with Gasteiger partial charge in [-0.05, 0) is 81.7 Å². The summed E-state index contributed by atoms with van der Waals surface area (Å²) in [6, 6.07) is -0.527. The maximum absolute atomic E-state index is 13.4. The van der Waals surface area contributed by atoms with E-state index in [9.17, 15) is 19.5 Å². The molecule has 0 amide bonds. The van der Waals surface area contributed by atoms with Crippen LogP contribution in [-0.4, -0.2) is 83.9 Å². The molecule has 1 aliphatic carbocycles. The quantitative estimate of drug-likeness (QED) is 0.0455. The van der Waals surface area contributed by atoms with Gasteiger partial charge in [-0.25, -0.2) is 5.01 Å². The van der Waals surface area contributed by atoms with Crippen LogP contribution in [0.3, 0.4) is 0 Å². The van der Waals surface area contributed by atoms with Gasteiger partial charge < -0.3 is 14.6 Å². The number of unbranched alkanes of at least 4 members (excludes halogenated alkanes) is 26. The third-order valence-corrected chi connectivity index (χ3v) is 16.0. The predicted octanol–water partition coefficient (Wildman–Crippen LogP) is 15.8. The Morgan fingerprint density at radius 3 is 1.32 bits per heavy atom. The van der Waals surface area contributed by atoms with Gasteiger partial charge in [-0.15, -0.1) is 0 Å². The second kappa shape index (κ2) is 41.9. The molecule has 1 saturated carbocycles. The summed E-state index contributed by atoms with van der Waals surface area (Å²) >= 11 is 0. The highest BCUT2D eigenvalue weighted by molar-refractivity contribution is 5.75. The van der Waals surface area contributed by atoms with Crippen LogP contribution in [0.4, 0.5) is 0 Å². The summed E-state index contributed by atoms with van der Waals surface area (Å²) in [4.78, 5) is 41.2. The number of ether oxygens (including phenoxy) is 2. The molecule has 9 heteroatoms. The normalized spacial score (nSPS) is 18.5. The molecule has 2 fully saturated rings. The molecule has 2 rings (SSSR count). The molecule has 0 aromatic rings. The zero-order chi connectivity index (χ0) is 49.5. The number of hydrazine groups is 1. The molecular weight excluding hydrogens is 847 g/mol. The van der Waals surface area contributed by atoms with Crippen molar-refractivity contribution in [2.75, 3.05) is 32.8 Å². The van der Waals surface area contributed by atoms with Crippen LogP contribution in [0.15, 0.2) is 0 Å². The highest BCUT2D eigenvalue weighted by Crippen LogP contribution is 2.53. The Morgan fingerprint density at radius 1 is 0.529 bits per heavy atom. The van der Waals surface area contributed by atoms with Crippen LogP contribution in [0.25, 0.3) is 0 Å². The molecule has 1 aliphatic heterocycles. The summed E-state index contributed by atoms with van der Waals surface area (Å²) in [5, 5.41) is 12.8. The van der Waals surface area contributed by atoms with E-state index in [0.717, 1.165) is 57.9 Å². The van der Waals surface area contributed by atoms with Crippen molar-refractivity contribution in [2.45, 2.75) is 304 Å². The molecule has 0 spiro atoms. The first kappa shape index (κ1) is 62.4. The number of carboxylic acid groups (broad SMARTS) is 1. The number of nitrogens with one attached hydrogen (secondary N) is 1. The lowest BCUT2D eigenvalue weighted by atomic mass is 9.56. The molecule has 68 heavy (non-hydrogen) atoms. The molecule has 0 aromatic heterocycles. The summed E-state index contributed by atoms with van der Waals surface area (Å²) in [6.07, 6.45) is 45.4. The Hall–Kier alpha value is -1.71. The van der Waals surface area contributed by atoms with Crippen molar-refractivity contribution >= 4 is 17.9 Å². The van der Waals surface area contributed by atoms with Gasteiger partial charge >= 0.3 is 17.9 Å². The zero-order valence-corrected chi connectivity index (χ0v) is 45.8. The van der Waals surface area contributed by atoms with Gasteiger partial charge in [0.1, 0.15) is 6.04 Å². The van der Waals surface area contributed by atoms with Crippen molar-refractivity contribution < 1.29 is 29.0 Å². The lowest BCUT2D eigenvalue weighted by molar-refractivity contribution is -0.219. The van der Waals surface area contributed by atoms with Crippen LogP contribution >= 0.6 is 0 Å². The van der Waals surface area contributed by atoms with Crippen molar-refractivity contribution in [1.82, 2.24) is 15.3 Å². The molecule has 2 N–H and O–H groups in total. The predicted molar refractivity (Wildman–Crippen MR) is 286 cm³/mol. The largest absolute Gasteiger partial charge is 0.480 e. The SMILES string of the molecule is CCCCCCCCCC(CCCCCCCCC)COC(=O)CCCCCCCNN1[C@@H]([C@H](C(=O)O)N(CC)CC)[C@@H]2[C@@H](CC(=O)OCC(CCCCCCCC)CCCCCCCC)C[C@H]21. The Balaban J connectivity index is 1.79. The number of esters is 2. The van der Waals surface area contributed by atoms with Gasteiger partial charge in [0.15, 0.2) is 0 Å². The number of likely N-dealkylation sites (N-methyl/N-ethyl adjacent to an activating group) is 1. The molecule has 1 saturated heterocycles. The number of rotatable bonds is 50. The average molecular weight is 961 g/mol. The van der Waals surface area contributed by atoms with Gasteiger partial charge in [0.05, 0.1) is 19.3 Å². The molecule has 0 aromatic carbocycles. The first-order valence-corrected chi connectivity index (χ1v) is 30.1. The smallest absolute Gasteiger partial charge is 0.322 e. The topological polar surface area (TPSA) is 108 Å². The van der Waals surface area contributed by atoms with Crippen LogP contribution in [0, 0.1) is 23.7 Å². The van der Waals surface area contributed by atoms with Crippen LogP contribution in [0.5, 0.6) is 0 Å². The van der Waals surface area contributed by atoms with Gasteiger partial charge in [-0.1, -0.05) is 228 Å². The van der Waals surface area contributed by atoms with Gasteiger partial charge in [-0.2, -0.15) is 0 Å². The number of piperidine rings is 1. The maximum Gasteiger partial charge on any atom is 0.322 e. The van der Waals surface area contributed by atoms with Gasteiger partial charge in [0, 0.05) is 25.4 Å². The van der Waals surface area contributed by atoms with Crippen LogP contribution in [0.2, 0.25) is 0 Å². The van der Waals surface area contributed by atoms with Crippen molar-refractivity contribution in [3.05, 3.63) is 0 Å². The lowest BCUT2D eigenvalue weighted by Crippen LogP contribution is -2.81. The van der Waals surface area contributed by atoms with Gasteiger partial charge in [-0.3, -0.25) is 24.7 Å². The van der Waals surface area contributed by atoms with E-state index < -0.39 is 12.0 Å². The third-order valence-electron chi connectivity index (χ3n) is 16.0. The number of aliphatic carboxylic acids is 1. The summed E-state index contributed by atoms with van der Waals surface area (Å²) < 4.78 is 12.0. The standard InChI is InChI=1S/C59H113N3O6/c1-7-13-17-21-25-30-36-40-50(41-37-31-26-22-18-14-8-2)48-67-54(63)44-38-32-27-33-39-45-60-62-53-46-52(56(53)57(62)58(59(65)66)61(11-5)12-6)47-55(64)68-49-51(42-34-28-23-19-15-9-3)43-35-29-24-20-16-10-4/h50-53,56-58,60H,7-49H2,1-6H3,(H,65,66)/t52-,53-,56-,57-,58-/m1/s1. The molecule has 400 valence electrons. The van der Waals surface area contributed by atoms with E-state index in [1.165, 1.54) is 180 Å². The number of nitrogens with zero attached hydrogens (tertiary/aromatic N) is 2. The Morgan fingerprint density at radius 2 is 0.912 bits per heavy atom. The van der Waals surface area contributed by atoms with E-state index in [1.807, 2.05) is 13.8 Å². The Kier molecular flexibility index (Phi) is 38.4. The fraction of sp³-hybridized carbons (Fsp3) is 0.949. The number of hydrogen-bond acceptors (Lipinski definition) is 8. The summed E-state index contributed by atoms with van der Waals surface area (Å²) in [6.45, 7) is 16.4.